The number of fused-ring (bicyclic) bond motifs is 1. The Labute approximate surface area is 98.9 Å². The lowest BCUT2D eigenvalue weighted by Crippen LogP contribution is -2.03. The molecule has 0 amide bonds. The van der Waals surface area contributed by atoms with Crippen LogP contribution >= 0.6 is 0 Å². The topological polar surface area (TPSA) is 38.0 Å². The third-order valence-corrected chi connectivity index (χ3v) is 2.60. The number of hydrogen-bond acceptors (Lipinski definition) is 2. The number of nitrogens with zero attached hydrogens (tertiary/aromatic N) is 2. The molecule has 0 aliphatic carbocycles. The number of benzene rings is 1. The van der Waals surface area contributed by atoms with Crippen molar-refractivity contribution in [2.24, 2.45) is 0 Å². The van der Waals surface area contributed by atoms with E-state index in [9.17, 15) is 4.39 Å². The second-order valence-corrected chi connectivity index (χ2v) is 3.78. The second kappa shape index (κ2) is 4.98. The first-order chi connectivity index (χ1) is 8.26. The molecule has 2 aromatic rings. The number of aryl methyl sites for hydroxylation is 1. The molecule has 0 spiro atoms. The van der Waals surface area contributed by atoms with Crippen molar-refractivity contribution in [3.63, 3.8) is 0 Å². The molecule has 0 aliphatic rings. The summed E-state index contributed by atoms with van der Waals surface area (Å²) in [7, 11) is 0. The molecule has 88 valence electrons. The van der Waals surface area contributed by atoms with E-state index in [1.54, 1.807) is 6.07 Å². The van der Waals surface area contributed by atoms with Crippen LogP contribution in [0.2, 0.25) is 0 Å². The zero-order valence-corrected chi connectivity index (χ0v) is 9.36. The zero-order valence-electron chi connectivity index (χ0n) is 9.36. The minimum absolute atomic E-state index is 0.105. The summed E-state index contributed by atoms with van der Waals surface area (Å²) in [4.78, 5) is 4.35. The Bertz CT molecular complexity index is 569. The van der Waals surface area contributed by atoms with Gasteiger partial charge in [-0.1, -0.05) is 5.92 Å². The molecule has 0 fully saturated rings. The van der Waals surface area contributed by atoms with Crippen molar-refractivity contribution < 1.29 is 9.50 Å². The van der Waals surface area contributed by atoms with Crippen molar-refractivity contribution in [3.05, 3.63) is 29.8 Å². The molecule has 1 aromatic heterocycles. The fraction of sp³-hybridized carbons (Fsp3) is 0.308. The van der Waals surface area contributed by atoms with Gasteiger partial charge in [0.2, 0.25) is 0 Å². The van der Waals surface area contributed by atoms with Crippen LogP contribution in [0.3, 0.4) is 0 Å². The first kappa shape index (κ1) is 11.6. The van der Waals surface area contributed by atoms with Gasteiger partial charge >= 0.3 is 0 Å². The van der Waals surface area contributed by atoms with Crippen molar-refractivity contribution in [1.82, 2.24) is 9.55 Å². The smallest absolute Gasteiger partial charge is 0.125 e. The van der Waals surface area contributed by atoms with Gasteiger partial charge in [0, 0.05) is 19.1 Å². The molecule has 0 radical (unpaired) electrons. The summed E-state index contributed by atoms with van der Waals surface area (Å²) in [5.74, 6) is 3.04. The van der Waals surface area contributed by atoms with Crippen LogP contribution in [0.4, 0.5) is 4.39 Å². The van der Waals surface area contributed by atoms with E-state index < -0.39 is 0 Å². The van der Waals surface area contributed by atoms with E-state index in [2.05, 4.69) is 10.9 Å². The number of aliphatic hydroxyl groups excluding tert-OH is 1. The number of terminal acetylenes is 1. The fourth-order valence-electron chi connectivity index (χ4n) is 1.85. The Hall–Kier alpha value is -1.86. The van der Waals surface area contributed by atoms with E-state index in [1.165, 1.54) is 12.1 Å². The van der Waals surface area contributed by atoms with E-state index in [0.29, 0.717) is 24.9 Å². The fourth-order valence-corrected chi connectivity index (χ4v) is 1.85. The maximum Gasteiger partial charge on any atom is 0.125 e. The quantitative estimate of drug-likeness (QED) is 0.815. The Morgan fingerprint density at radius 1 is 1.47 bits per heavy atom. The highest BCUT2D eigenvalue weighted by molar-refractivity contribution is 5.76. The predicted octanol–water partition coefficient (Wildman–Crippen LogP) is 1.73. The highest BCUT2D eigenvalue weighted by Gasteiger charge is 2.10. The van der Waals surface area contributed by atoms with E-state index in [4.69, 9.17) is 11.5 Å². The Kier molecular flexibility index (Phi) is 3.40. The van der Waals surface area contributed by atoms with Gasteiger partial charge < -0.3 is 9.67 Å². The van der Waals surface area contributed by atoms with Crippen LogP contribution in [0.5, 0.6) is 0 Å². The number of aliphatic hydroxyl groups is 1. The Morgan fingerprint density at radius 2 is 2.29 bits per heavy atom. The number of rotatable bonds is 4. The highest BCUT2D eigenvalue weighted by atomic mass is 19.1. The summed E-state index contributed by atoms with van der Waals surface area (Å²) < 4.78 is 15.0. The molecule has 1 N–H and O–H groups in total. The molecule has 4 heteroatoms. The predicted molar refractivity (Wildman–Crippen MR) is 63.9 cm³/mol. The maximum atomic E-state index is 13.1. The molecule has 0 saturated carbocycles. The molecular formula is C13H13FN2O. The van der Waals surface area contributed by atoms with Crippen LogP contribution in [0.1, 0.15) is 12.2 Å². The van der Waals surface area contributed by atoms with Gasteiger partial charge in [0.15, 0.2) is 0 Å². The second-order valence-electron chi connectivity index (χ2n) is 3.78. The van der Waals surface area contributed by atoms with Crippen LogP contribution in [-0.4, -0.2) is 21.3 Å². The van der Waals surface area contributed by atoms with Gasteiger partial charge in [-0.05, 0) is 18.6 Å². The van der Waals surface area contributed by atoms with Crippen molar-refractivity contribution in [2.45, 2.75) is 19.4 Å². The SMILES string of the molecule is C#CCn1c(CCCO)nc2cc(F)ccc21. The summed E-state index contributed by atoms with van der Waals surface area (Å²) in [6, 6.07) is 4.47. The van der Waals surface area contributed by atoms with Crippen LogP contribution in [0.15, 0.2) is 18.2 Å². The maximum absolute atomic E-state index is 13.1. The molecule has 1 aromatic carbocycles. The Morgan fingerprint density at radius 3 is 3.00 bits per heavy atom. The standard InChI is InChI=1S/C13H13FN2O/c1-2-7-16-12-6-5-10(14)9-11(12)15-13(16)4-3-8-17/h1,5-6,9,17H,3-4,7-8H2. The first-order valence-corrected chi connectivity index (χ1v) is 5.45. The van der Waals surface area contributed by atoms with Crippen molar-refractivity contribution in [1.29, 1.82) is 0 Å². The monoisotopic (exact) mass is 232 g/mol. The van der Waals surface area contributed by atoms with Crippen molar-refractivity contribution >= 4 is 11.0 Å². The first-order valence-electron chi connectivity index (χ1n) is 5.45. The van der Waals surface area contributed by atoms with Gasteiger partial charge in [0.1, 0.15) is 11.6 Å². The zero-order chi connectivity index (χ0) is 12.3. The van der Waals surface area contributed by atoms with Gasteiger partial charge in [-0.2, -0.15) is 0 Å². The lowest BCUT2D eigenvalue weighted by molar-refractivity contribution is 0.287. The summed E-state index contributed by atoms with van der Waals surface area (Å²) in [6.45, 7) is 0.510. The summed E-state index contributed by atoms with van der Waals surface area (Å²) in [6.07, 6.45) is 6.57. The molecule has 0 unspecified atom stereocenters. The van der Waals surface area contributed by atoms with Gasteiger partial charge in [0.25, 0.3) is 0 Å². The number of halogens is 1. The molecule has 0 saturated heterocycles. The van der Waals surface area contributed by atoms with Gasteiger partial charge in [-0.15, -0.1) is 6.42 Å². The van der Waals surface area contributed by atoms with E-state index in [0.717, 1.165) is 11.3 Å². The van der Waals surface area contributed by atoms with Crippen LogP contribution in [0.25, 0.3) is 11.0 Å². The molecular weight excluding hydrogens is 219 g/mol. The van der Waals surface area contributed by atoms with E-state index in [-0.39, 0.29) is 12.4 Å². The average molecular weight is 232 g/mol. The minimum atomic E-state index is -0.309. The molecule has 0 aliphatic heterocycles. The molecule has 0 atom stereocenters. The minimum Gasteiger partial charge on any atom is -0.396 e. The largest absolute Gasteiger partial charge is 0.396 e. The summed E-state index contributed by atoms with van der Waals surface area (Å²) >= 11 is 0. The third kappa shape index (κ3) is 2.29. The molecule has 2 rings (SSSR count). The van der Waals surface area contributed by atoms with Gasteiger partial charge in [-0.25, -0.2) is 9.37 Å². The highest BCUT2D eigenvalue weighted by Crippen LogP contribution is 2.18. The van der Waals surface area contributed by atoms with Crippen molar-refractivity contribution in [2.75, 3.05) is 6.61 Å². The third-order valence-electron chi connectivity index (χ3n) is 2.60. The van der Waals surface area contributed by atoms with E-state index in [1.807, 2.05) is 4.57 Å². The average Bonchev–Trinajstić information content (AvgIpc) is 2.64. The number of aromatic nitrogens is 2. The van der Waals surface area contributed by atoms with Gasteiger partial charge in [-0.3, -0.25) is 0 Å². The van der Waals surface area contributed by atoms with E-state index >= 15 is 0 Å². The molecule has 0 bridgehead atoms. The van der Waals surface area contributed by atoms with Crippen LogP contribution in [0, 0.1) is 18.2 Å². The van der Waals surface area contributed by atoms with Crippen LogP contribution in [-0.2, 0) is 13.0 Å². The summed E-state index contributed by atoms with van der Waals surface area (Å²) in [5.41, 5.74) is 1.44. The van der Waals surface area contributed by atoms with Gasteiger partial charge in [0.05, 0.1) is 17.6 Å². The van der Waals surface area contributed by atoms with Crippen LogP contribution < -0.4 is 0 Å². The van der Waals surface area contributed by atoms with Crippen molar-refractivity contribution in [3.8, 4) is 12.3 Å². The Balaban J connectivity index is 2.50. The number of imidazole rings is 1. The molecule has 1 heterocycles. The lowest BCUT2D eigenvalue weighted by atomic mass is 10.3. The lowest BCUT2D eigenvalue weighted by Gasteiger charge is -2.04. The number of hydrogen-bond donors (Lipinski definition) is 1. The molecule has 17 heavy (non-hydrogen) atoms. The summed E-state index contributed by atoms with van der Waals surface area (Å²) in [5, 5.41) is 8.83. The molecule has 3 nitrogen and oxygen atoms in total. The normalized spacial score (nSPS) is 10.6.